The topological polar surface area (TPSA) is 113 Å². The van der Waals surface area contributed by atoms with E-state index in [0.29, 0.717) is 18.0 Å². The van der Waals surface area contributed by atoms with Crippen LogP contribution in [0.2, 0.25) is 0 Å². The molecule has 0 bridgehead atoms. The number of hydrogen-bond acceptors (Lipinski definition) is 9. The van der Waals surface area contributed by atoms with E-state index in [1.54, 1.807) is 24.2 Å². The first kappa shape index (κ1) is 24.3. The summed E-state index contributed by atoms with van der Waals surface area (Å²) in [6, 6.07) is 15.1. The molecule has 0 atom stereocenters. The van der Waals surface area contributed by atoms with Gasteiger partial charge in [-0.05, 0) is 36.9 Å². The Morgan fingerprint density at radius 2 is 1.92 bits per heavy atom. The molecular formula is C26H29N9O2. The molecule has 5 rings (SSSR count). The number of hydrazone groups is 1. The number of nitrogens with one attached hydrogen (secondary N) is 2. The minimum atomic E-state index is -0.00471. The number of likely N-dealkylation sites (N-methyl/N-ethyl adjacent to an activating group) is 1. The molecule has 190 valence electrons. The number of methoxy groups -OCH3 is 1. The lowest BCUT2D eigenvalue weighted by molar-refractivity contribution is -0.117. The smallest absolute Gasteiger partial charge is 0.238 e. The SMILES string of the molecule is COc1cccc(-n2ncc3c(N/N=C/c4ccc(NC(=O)CN5CCN(C)CC5)cc4)ncnc32)c1. The molecule has 1 aliphatic heterocycles. The summed E-state index contributed by atoms with van der Waals surface area (Å²) in [6.07, 6.45) is 4.86. The zero-order valence-electron chi connectivity index (χ0n) is 20.8. The average Bonchev–Trinajstić information content (AvgIpc) is 3.36. The van der Waals surface area contributed by atoms with Gasteiger partial charge in [0.05, 0.1) is 37.1 Å². The van der Waals surface area contributed by atoms with Crippen LogP contribution in [0.15, 0.2) is 66.2 Å². The number of hydrogen-bond donors (Lipinski definition) is 2. The highest BCUT2D eigenvalue weighted by molar-refractivity contribution is 5.93. The first-order chi connectivity index (χ1) is 18.1. The monoisotopic (exact) mass is 499 g/mol. The molecule has 1 fully saturated rings. The van der Waals surface area contributed by atoms with Crippen molar-refractivity contribution in [3.8, 4) is 11.4 Å². The number of carbonyl (C=O) groups is 1. The predicted octanol–water partition coefficient (Wildman–Crippen LogP) is 2.46. The number of carbonyl (C=O) groups excluding carboxylic acids is 1. The van der Waals surface area contributed by atoms with Crippen molar-refractivity contribution in [2.45, 2.75) is 0 Å². The number of piperazine rings is 1. The van der Waals surface area contributed by atoms with Crippen LogP contribution in [0, 0.1) is 0 Å². The minimum Gasteiger partial charge on any atom is -0.497 e. The summed E-state index contributed by atoms with van der Waals surface area (Å²) >= 11 is 0. The van der Waals surface area contributed by atoms with Crippen molar-refractivity contribution < 1.29 is 9.53 Å². The van der Waals surface area contributed by atoms with Gasteiger partial charge in [0.1, 0.15) is 12.1 Å². The normalized spacial score (nSPS) is 14.8. The Balaban J connectivity index is 1.20. The van der Waals surface area contributed by atoms with Gasteiger partial charge in [-0.3, -0.25) is 15.1 Å². The van der Waals surface area contributed by atoms with Crippen LogP contribution in [0.5, 0.6) is 5.75 Å². The van der Waals surface area contributed by atoms with Crippen LogP contribution in [0.1, 0.15) is 5.56 Å². The van der Waals surface area contributed by atoms with Gasteiger partial charge in [0.2, 0.25) is 5.91 Å². The third kappa shape index (κ3) is 5.90. The van der Waals surface area contributed by atoms with Crippen LogP contribution in [-0.2, 0) is 4.79 Å². The molecule has 2 aromatic carbocycles. The summed E-state index contributed by atoms with van der Waals surface area (Å²) in [5.74, 6) is 1.27. The Labute approximate surface area is 214 Å². The Morgan fingerprint density at radius 3 is 2.70 bits per heavy atom. The van der Waals surface area contributed by atoms with Crippen molar-refractivity contribution in [1.29, 1.82) is 0 Å². The lowest BCUT2D eigenvalue weighted by Crippen LogP contribution is -2.47. The van der Waals surface area contributed by atoms with Crippen LogP contribution < -0.4 is 15.5 Å². The van der Waals surface area contributed by atoms with Gasteiger partial charge in [0.15, 0.2) is 11.5 Å². The molecule has 0 saturated carbocycles. The predicted molar refractivity (Wildman–Crippen MR) is 143 cm³/mol. The number of anilines is 2. The van der Waals surface area contributed by atoms with Crippen molar-refractivity contribution in [1.82, 2.24) is 29.5 Å². The maximum absolute atomic E-state index is 12.4. The third-order valence-electron chi connectivity index (χ3n) is 6.21. The van der Waals surface area contributed by atoms with Crippen molar-refractivity contribution in [3.05, 3.63) is 66.6 Å². The van der Waals surface area contributed by atoms with E-state index >= 15 is 0 Å². The zero-order chi connectivity index (χ0) is 25.6. The van der Waals surface area contributed by atoms with Crippen LogP contribution >= 0.6 is 0 Å². The van der Waals surface area contributed by atoms with Crippen LogP contribution in [-0.4, -0.2) is 88.6 Å². The van der Waals surface area contributed by atoms with Crippen molar-refractivity contribution in [2.24, 2.45) is 5.10 Å². The van der Waals surface area contributed by atoms with Gasteiger partial charge in [0.25, 0.3) is 0 Å². The summed E-state index contributed by atoms with van der Waals surface area (Å²) in [5, 5.41) is 12.5. The molecule has 0 spiro atoms. The highest BCUT2D eigenvalue weighted by atomic mass is 16.5. The maximum Gasteiger partial charge on any atom is 0.238 e. The molecule has 37 heavy (non-hydrogen) atoms. The lowest BCUT2D eigenvalue weighted by Gasteiger charge is -2.31. The van der Waals surface area contributed by atoms with Crippen LogP contribution in [0.4, 0.5) is 11.5 Å². The van der Waals surface area contributed by atoms with Gasteiger partial charge in [-0.25, -0.2) is 14.6 Å². The number of aromatic nitrogens is 4. The maximum atomic E-state index is 12.4. The molecule has 2 aromatic heterocycles. The van der Waals surface area contributed by atoms with E-state index < -0.39 is 0 Å². The summed E-state index contributed by atoms with van der Waals surface area (Å²) < 4.78 is 7.04. The van der Waals surface area contributed by atoms with Crippen LogP contribution in [0.25, 0.3) is 16.7 Å². The van der Waals surface area contributed by atoms with Gasteiger partial charge in [-0.15, -0.1) is 0 Å². The van der Waals surface area contributed by atoms with Gasteiger partial charge in [0, 0.05) is 37.9 Å². The molecule has 0 aliphatic carbocycles. The summed E-state index contributed by atoms with van der Waals surface area (Å²) in [5.41, 5.74) is 6.10. The average molecular weight is 500 g/mol. The van der Waals surface area contributed by atoms with E-state index in [0.717, 1.165) is 54.3 Å². The van der Waals surface area contributed by atoms with Gasteiger partial charge in [-0.2, -0.15) is 10.2 Å². The molecule has 1 saturated heterocycles. The fraction of sp³-hybridized carbons (Fsp3) is 0.269. The van der Waals surface area contributed by atoms with Gasteiger partial charge >= 0.3 is 0 Å². The third-order valence-corrected chi connectivity index (χ3v) is 6.21. The second-order valence-electron chi connectivity index (χ2n) is 8.84. The van der Waals surface area contributed by atoms with E-state index in [1.807, 2.05) is 48.5 Å². The van der Waals surface area contributed by atoms with E-state index in [9.17, 15) is 4.79 Å². The van der Waals surface area contributed by atoms with E-state index in [2.05, 4.69) is 47.8 Å². The molecule has 0 unspecified atom stereocenters. The molecule has 2 N–H and O–H groups in total. The fourth-order valence-corrected chi connectivity index (χ4v) is 4.09. The first-order valence-electron chi connectivity index (χ1n) is 12.0. The summed E-state index contributed by atoms with van der Waals surface area (Å²) in [4.78, 5) is 25.5. The highest BCUT2D eigenvalue weighted by Crippen LogP contribution is 2.23. The number of amides is 1. The Hall–Kier alpha value is -4.35. The van der Waals surface area contributed by atoms with Crippen LogP contribution in [0.3, 0.4) is 0 Å². The van der Waals surface area contributed by atoms with Crippen molar-refractivity contribution in [2.75, 3.05) is 57.6 Å². The molecule has 0 radical (unpaired) electrons. The van der Waals surface area contributed by atoms with E-state index in [4.69, 9.17) is 4.74 Å². The standard InChI is InChI=1S/C26H29N9O2/c1-33-10-12-34(13-11-33)17-24(36)31-20-8-6-19(7-9-20)15-29-32-25-23-16-30-35(26(23)28-18-27-25)21-4-3-5-22(14-21)37-2/h3-9,14-16,18H,10-13,17H2,1-2H3,(H,31,36)(H,27,28,32)/b29-15+. The zero-order valence-corrected chi connectivity index (χ0v) is 20.8. The second kappa shape index (κ2) is 11.1. The number of ether oxygens (including phenoxy) is 1. The Kier molecular flexibility index (Phi) is 7.33. The van der Waals surface area contributed by atoms with Crippen molar-refractivity contribution >= 4 is 34.7 Å². The van der Waals surface area contributed by atoms with E-state index in [-0.39, 0.29) is 5.91 Å². The lowest BCUT2D eigenvalue weighted by atomic mass is 10.2. The number of nitrogens with zero attached hydrogens (tertiary/aromatic N) is 7. The highest BCUT2D eigenvalue weighted by Gasteiger charge is 2.16. The first-order valence-corrected chi connectivity index (χ1v) is 12.0. The molecule has 1 aliphatic rings. The van der Waals surface area contributed by atoms with Gasteiger partial charge < -0.3 is 15.0 Å². The fourth-order valence-electron chi connectivity index (χ4n) is 4.09. The number of rotatable bonds is 8. The number of fused-ring (bicyclic) bond motifs is 1. The molecule has 11 nitrogen and oxygen atoms in total. The molecule has 3 heterocycles. The molecule has 4 aromatic rings. The molecule has 11 heteroatoms. The minimum absolute atomic E-state index is 0.00471. The molecule has 1 amide bonds. The van der Waals surface area contributed by atoms with Crippen molar-refractivity contribution in [3.63, 3.8) is 0 Å². The largest absolute Gasteiger partial charge is 0.497 e. The Bertz CT molecular complexity index is 1390. The second-order valence-corrected chi connectivity index (χ2v) is 8.84. The summed E-state index contributed by atoms with van der Waals surface area (Å²) in [7, 11) is 3.73. The molecular weight excluding hydrogens is 470 g/mol. The number of benzene rings is 2. The van der Waals surface area contributed by atoms with E-state index in [1.165, 1.54) is 6.33 Å². The Morgan fingerprint density at radius 1 is 1.11 bits per heavy atom. The summed E-state index contributed by atoms with van der Waals surface area (Å²) in [6.45, 7) is 4.20. The quantitative estimate of drug-likeness (QED) is 0.281. The van der Waals surface area contributed by atoms with Gasteiger partial charge in [-0.1, -0.05) is 18.2 Å².